The predicted molar refractivity (Wildman–Crippen MR) is 69.5 cm³/mol. The molecule has 1 aromatic carbocycles. The molecule has 18 heavy (non-hydrogen) atoms. The molecule has 0 radical (unpaired) electrons. The van der Waals surface area contributed by atoms with Gasteiger partial charge in [-0.15, -0.1) is 0 Å². The van der Waals surface area contributed by atoms with Crippen molar-refractivity contribution in [1.82, 2.24) is 9.78 Å². The Morgan fingerprint density at radius 3 is 2.78 bits per heavy atom. The van der Waals surface area contributed by atoms with Gasteiger partial charge in [-0.3, -0.25) is 4.68 Å². The Hall–Kier alpha value is -2.17. The van der Waals surface area contributed by atoms with E-state index in [4.69, 9.17) is 10.5 Å². The van der Waals surface area contributed by atoms with Crippen LogP contribution in [0.4, 0.5) is 5.69 Å². The van der Waals surface area contributed by atoms with E-state index in [1.165, 1.54) is 0 Å². The van der Waals surface area contributed by atoms with E-state index in [-0.39, 0.29) is 18.4 Å². The van der Waals surface area contributed by atoms with Gasteiger partial charge >= 0.3 is 0 Å². The summed E-state index contributed by atoms with van der Waals surface area (Å²) in [7, 11) is 0. The number of ether oxygens (including phenoxy) is 1. The summed E-state index contributed by atoms with van der Waals surface area (Å²) >= 11 is 0. The summed E-state index contributed by atoms with van der Waals surface area (Å²) in [6.45, 7) is 4.33. The number of nitrogens with zero attached hydrogens (tertiary/aromatic N) is 2. The first-order chi connectivity index (χ1) is 8.59. The number of phenolic OH excluding ortho intramolecular Hbond substituents is 1. The van der Waals surface area contributed by atoms with Crippen molar-refractivity contribution in [3.8, 4) is 11.5 Å². The number of anilines is 1. The van der Waals surface area contributed by atoms with E-state index in [9.17, 15) is 5.11 Å². The lowest BCUT2D eigenvalue weighted by Gasteiger charge is -2.13. The molecule has 5 heteroatoms. The molecule has 1 aromatic heterocycles. The molecule has 0 bridgehead atoms. The van der Waals surface area contributed by atoms with Crippen LogP contribution in [0.15, 0.2) is 30.5 Å². The van der Waals surface area contributed by atoms with E-state index in [1.54, 1.807) is 30.5 Å². The van der Waals surface area contributed by atoms with Crippen LogP contribution in [-0.4, -0.2) is 14.9 Å². The Kier molecular flexibility index (Phi) is 3.41. The summed E-state index contributed by atoms with van der Waals surface area (Å²) in [4.78, 5) is 0. The van der Waals surface area contributed by atoms with Crippen LogP contribution < -0.4 is 10.5 Å². The maximum Gasteiger partial charge on any atom is 0.161 e. The zero-order valence-electron chi connectivity index (χ0n) is 10.5. The Balaban J connectivity index is 2.16. The van der Waals surface area contributed by atoms with Gasteiger partial charge in [-0.2, -0.15) is 5.10 Å². The molecule has 96 valence electrons. The SMILES string of the molecule is CC(C)n1ncc(N)c1COc1ccccc1O. The number of aromatic nitrogens is 2. The molecule has 0 aliphatic rings. The van der Waals surface area contributed by atoms with Crippen molar-refractivity contribution in [3.05, 3.63) is 36.2 Å². The van der Waals surface area contributed by atoms with Crippen LogP contribution in [0.5, 0.6) is 11.5 Å². The van der Waals surface area contributed by atoms with E-state index < -0.39 is 0 Å². The first-order valence-electron chi connectivity index (χ1n) is 5.82. The van der Waals surface area contributed by atoms with Crippen LogP contribution in [0, 0.1) is 0 Å². The second-order valence-corrected chi connectivity index (χ2v) is 4.34. The van der Waals surface area contributed by atoms with Gasteiger partial charge in [0, 0.05) is 6.04 Å². The number of para-hydroxylation sites is 2. The summed E-state index contributed by atoms with van der Waals surface area (Å²) in [6, 6.07) is 7.05. The molecule has 3 N–H and O–H groups in total. The quantitative estimate of drug-likeness (QED) is 0.869. The van der Waals surface area contributed by atoms with Gasteiger partial charge in [0.1, 0.15) is 6.61 Å². The Bertz CT molecular complexity index is 535. The minimum absolute atomic E-state index is 0.117. The average Bonchev–Trinajstić information content (AvgIpc) is 2.70. The Morgan fingerprint density at radius 1 is 1.39 bits per heavy atom. The van der Waals surface area contributed by atoms with Crippen molar-refractivity contribution < 1.29 is 9.84 Å². The number of nitrogen functional groups attached to an aromatic ring is 1. The lowest BCUT2D eigenvalue weighted by Crippen LogP contribution is -2.11. The highest BCUT2D eigenvalue weighted by Crippen LogP contribution is 2.26. The summed E-state index contributed by atoms with van der Waals surface area (Å²) in [6.07, 6.45) is 1.61. The lowest BCUT2D eigenvalue weighted by molar-refractivity contribution is 0.274. The van der Waals surface area contributed by atoms with E-state index in [2.05, 4.69) is 5.10 Å². The van der Waals surface area contributed by atoms with E-state index in [0.717, 1.165) is 5.69 Å². The molecule has 0 unspecified atom stereocenters. The molecule has 5 nitrogen and oxygen atoms in total. The first-order valence-corrected chi connectivity index (χ1v) is 5.82. The number of hydrogen-bond donors (Lipinski definition) is 2. The lowest BCUT2D eigenvalue weighted by atomic mass is 10.3. The summed E-state index contributed by atoms with van der Waals surface area (Å²) in [5, 5.41) is 13.8. The molecule has 0 fully saturated rings. The second-order valence-electron chi connectivity index (χ2n) is 4.34. The normalized spacial score (nSPS) is 10.8. The molecule has 0 atom stereocenters. The number of nitrogens with two attached hydrogens (primary N) is 1. The fraction of sp³-hybridized carbons (Fsp3) is 0.308. The van der Waals surface area contributed by atoms with Gasteiger partial charge in [0.15, 0.2) is 11.5 Å². The average molecular weight is 247 g/mol. The van der Waals surface area contributed by atoms with Crippen molar-refractivity contribution >= 4 is 5.69 Å². The molecule has 0 saturated carbocycles. The minimum atomic E-state index is 0.117. The summed E-state index contributed by atoms with van der Waals surface area (Å²) in [5.74, 6) is 0.556. The molecular weight excluding hydrogens is 230 g/mol. The fourth-order valence-corrected chi connectivity index (χ4v) is 1.72. The Morgan fingerprint density at radius 2 is 2.11 bits per heavy atom. The van der Waals surface area contributed by atoms with E-state index in [1.807, 2.05) is 18.5 Å². The summed E-state index contributed by atoms with van der Waals surface area (Å²) < 4.78 is 7.38. The zero-order valence-corrected chi connectivity index (χ0v) is 10.5. The molecule has 0 aliphatic heterocycles. The van der Waals surface area contributed by atoms with Crippen LogP contribution in [0.2, 0.25) is 0 Å². The highest BCUT2D eigenvalue weighted by Gasteiger charge is 2.12. The largest absolute Gasteiger partial charge is 0.504 e. The molecule has 2 aromatic rings. The van der Waals surface area contributed by atoms with Crippen molar-refractivity contribution in [2.75, 3.05) is 5.73 Å². The van der Waals surface area contributed by atoms with Crippen molar-refractivity contribution in [3.63, 3.8) is 0 Å². The van der Waals surface area contributed by atoms with Gasteiger partial charge in [0.2, 0.25) is 0 Å². The maximum atomic E-state index is 9.61. The molecule has 0 saturated heterocycles. The number of aromatic hydroxyl groups is 1. The van der Waals surface area contributed by atoms with Gasteiger partial charge in [0.05, 0.1) is 17.6 Å². The first kappa shape index (κ1) is 12.3. The molecule has 0 aliphatic carbocycles. The maximum absolute atomic E-state index is 9.61. The summed E-state index contributed by atoms with van der Waals surface area (Å²) in [5.41, 5.74) is 7.27. The zero-order chi connectivity index (χ0) is 13.1. The smallest absolute Gasteiger partial charge is 0.161 e. The minimum Gasteiger partial charge on any atom is -0.504 e. The van der Waals surface area contributed by atoms with Crippen LogP contribution in [0.1, 0.15) is 25.6 Å². The number of rotatable bonds is 4. The topological polar surface area (TPSA) is 73.3 Å². The van der Waals surface area contributed by atoms with Crippen molar-refractivity contribution in [1.29, 1.82) is 0 Å². The van der Waals surface area contributed by atoms with Crippen molar-refractivity contribution in [2.24, 2.45) is 0 Å². The van der Waals surface area contributed by atoms with Crippen LogP contribution in [0.25, 0.3) is 0 Å². The van der Waals surface area contributed by atoms with E-state index >= 15 is 0 Å². The monoisotopic (exact) mass is 247 g/mol. The molecule has 0 spiro atoms. The Labute approximate surface area is 106 Å². The van der Waals surface area contributed by atoms with Crippen LogP contribution in [0.3, 0.4) is 0 Å². The highest BCUT2D eigenvalue weighted by atomic mass is 16.5. The third-order valence-electron chi connectivity index (χ3n) is 2.65. The van der Waals surface area contributed by atoms with Crippen molar-refractivity contribution in [2.45, 2.75) is 26.5 Å². The highest BCUT2D eigenvalue weighted by molar-refractivity contribution is 5.42. The third kappa shape index (κ3) is 2.40. The number of benzene rings is 1. The molecule has 0 amide bonds. The van der Waals surface area contributed by atoms with Crippen LogP contribution >= 0.6 is 0 Å². The van der Waals surface area contributed by atoms with Gasteiger partial charge < -0.3 is 15.6 Å². The van der Waals surface area contributed by atoms with Gasteiger partial charge in [-0.1, -0.05) is 12.1 Å². The fourth-order valence-electron chi connectivity index (χ4n) is 1.72. The number of phenols is 1. The predicted octanol–water partition coefficient (Wildman–Crippen LogP) is 2.33. The molecular formula is C13H17N3O2. The molecule has 1 heterocycles. The van der Waals surface area contributed by atoms with Gasteiger partial charge in [-0.25, -0.2) is 0 Å². The second kappa shape index (κ2) is 5.00. The van der Waals surface area contributed by atoms with Gasteiger partial charge in [-0.05, 0) is 26.0 Å². The van der Waals surface area contributed by atoms with Gasteiger partial charge in [0.25, 0.3) is 0 Å². The third-order valence-corrected chi connectivity index (χ3v) is 2.65. The van der Waals surface area contributed by atoms with Crippen LogP contribution in [-0.2, 0) is 6.61 Å². The van der Waals surface area contributed by atoms with E-state index in [0.29, 0.717) is 11.4 Å². The standard InChI is InChI=1S/C13H17N3O2/c1-9(2)16-11(10(14)7-15-16)8-18-13-6-4-3-5-12(13)17/h3-7,9,17H,8,14H2,1-2H3. The molecule has 2 rings (SSSR count). The number of hydrogen-bond acceptors (Lipinski definition) is 4.